The van der Waals surface area contributed by atoms with Gasteiger partial charge in [0.25, 0.3) is 0 Å². The quantitative estimate of drug-likeness (QED) is 0.222. The maximum Gasteiger partial charge on any atom is 0.0541 e. The third kappa shape index (κ3) is 3.43. The molecule has 8 rings (SSSR count). The molecule has 0 bridgehead atoms. The molecule has 0 amide bonds. The van der Waals surface area contributed by atoms with Gasteiger partial charge in [0, 0.05) is 32.9 Å². The van der Waals surface area contributed by atoms with Gasteiger partial charge in [0.15, 0.2) is 0 Å². The monoisotopic (exact) mass is 512 g/mol. The molecule has 8 aromatic rings. The molecule has 0 saturated heterocycles. The van der Waals surface area contributed by atoms with Gasteiger partial charge in [-0.15, -0.1) is 0 Å². The Morgan fingerprint density at radius 1 is 0.400 bits per heavy atom. The highest BCUT2D eigenvalue weighted by molar-refractivity contribution is 6.10. The molecule has 0 spiro atoms. The van der Waals surface area contributed by atoms with E-state index in [-0.39, 0.29) is 0 Å². The number of benzene rings is 6. The Bertz CT molecular complexity index is 2140. The van der Waals surface area contributed by atoms with Crippen LogP contribution in [0.15, 0.2) is 140 Å². The first-order chi connectivity index (χ1) is 19.8. The number of rotatable bonds is 4. The summed E-state index contributed by atoms with van der Waals surface area (Å²) in [7, 11) is 0. The Morgan fingerprint density at radius 3 is 1.43 bits per heavy atom. The highest BCUT2D eigenvalue weighted by atomic mass is 15.0. The number of nitrogens with zero attached hydrogens (tertiary/aromatic N) is 2. The fourth-order valence-electron chi connectivity index (χ4n) is 6.37. The molecule has 40 heavy (non-hydrogen) atoms. The second kappa shape index (κ2) is 9.00. The number of para-hydroxylation sites is 3. The van der Waals surface area contributed by atoms with E-state index >= 15 is 0 Å². The first-order valence-electron chi connectivity index (χ1n) is 14.0. The Morgan fingerprint density at radius 2 is 0.875 bits per heavy atom. The van der Waals surface area contributed by atoms with Gasteiger partial charge in [-0.25, -0.2) is 0 Å². The first-order valence-corrected chi connectivity index (χ1v) is 14.0. The average Bonchev–Trinajstić information content (AvgIpc) is 3.54. The zero-order valence-electron chi connectivity index (χ0n) is 22.4. The van der Waals surface area contributed by atoms with E-state index < -0.39 is 0 Å². The molecule has 0 saturated carbocycles. The zero-order chi connectivity index (χ0) is 26.6. The van der Waals surface area contributed by atoms with E-state index in [0.29, 0.717) is 0 Å². The SMILES string of the molecule is CCc1ccc2c(c1)c1ccccc1n2-c1cc(-c2ccccc2)cc(-n2c3ccccc3c3ccccc32)c1. The minimum atomic E-state index is 1.02. The molecule has 6 aromatic carbocycles. The smallest absolute Gasteiger partial charge is 0.0541 e. The largest absolute Gasteiger partial charge is 0.309 e. The van der Waals surface area contributed by atoms with Crippen LogP contribution in [0.4, 0.5) is 0 Å². The molecule has 2 heteroatoms. The van der Waals surface area contributed by atoms with E-state index in [1.807, 2.05) is 0 Å². The van der Waals surface area contributed by atoms with Crippen molar-refractivity contribution in [1.29, 1.82) is 0 Å². The van der Waals surface area contributed by atoms with E-state index in [0.717, 1.165) is 17.8 Å². The minimum absolute atomic E-state index is 1.02. The summed E-state index contributed by atoms with van der Waals surface area (Å²) in [6.45, 7) is 2.22. The van der Waals surface area contributed by atoms with Crippen molar-refractivity contribution in [3.05, 3.63) is 145 Å². The van der Waals surface area contributed by atoms with Crippen LogP contribution in [-0.4, -0.2) is 9.13 Å². The summed E-state index contributed by atoms with van der Waals surface area (Å²) in [5, 5.41) is 5.14. The van der Waals surface area contributed by atoms with Gasteiger partial charge >= 0.3 is 0 Å². The number of aromatic nitrogens is 2. The van der Waals surface area contributed by atoms with E-state index in [1.54, 1.807) is 0 Å². The molecule has 0 aliphatic heterocycles. The number of hydrogen-bond acceptors (Lipinski definition) is 0. The van der Waals surface area contributed by atoms with Crippen molar-refractivity contribution in [3.63, 3.8) is 0 Å². The summed E-state index contributed by atoms with van der Waals surface area (Å²) in [5.41, 5.74) is 11.0. The topological polar surface area (TPSA) is 9.86 Å². The average molecular weight is 513 g/mol. The Labute approximate surface area is 233 Å². The standard InChI is InChI=1S/C38H28N2/c1-2-26-20-21-38-34(22-26)33-16-8-11-19-37(33)40(38)30-24-28(27-12-4-3-5-13-27)23-29(25-30)39-35-17-9-6-14-31(35)32-15-7-10-18-36(32)39/h3-25H,2H2,1H3. The molecular weight excluding hydrogens is 484 g/mol. The van der Waals surface area contributed by atoms with Gasteiger partial charge in [0.1, 0.15) is 0 Å². The van der Waals surface area contributed by atoms with Crippen LogP contribution in [0.3, 0.4) is 0 Å². The lowest BCUT2D eigenvalue weighted by Gasteiger charge is -2.16. The molecule has 0 fully saturated rings. The van der Waals surface area contributed by atoms with Crippen LogP contribution in [0.25, 0.3) is 66.1 Å². The van der Waals surface area contributed by atoms with Gasteiger partial charge in [-0.3, -0.25) is 0 Å². The van der Waals surface area contributed by atoms with Crippen LogP contribution in [-0.2, 0) is 6.42 Å². The lowest BCUT2D eigenvalue weighted by Crippen LogP contribution is -2.00. The van der Waals surface area contributed by atoms with Crippen molar-refractivity contribution >= 4 is 43.6 Å². The van der Waals surface area contributed by atoms with Crippen molar-refractivity contribution in [2.75, 3.05) is 0 Å². The van der Waals surface area contributed by atoms with E-state index in [9.17, 15) is 0 Å². The number of hydrogen-bond donors (Lipinski definition) is 0. The van der Waals surface area contributed by atoms with Gasteiger partial charge < -0.3 is 9.13 Å². The Kier molecular flexibility index (Phi) is 5.14. The zero-order valence-corrected chi connectivity index (χ0v) is 22.4. The van der Waals surface area contributed by atoms with Gasteiger partial charge in [-0.1, -0.05) is 97.9 Å². The van der Waals surface area contributed by atoms with Crippen molar-refractivity contribution in [2.24, 2.45) is 0 Å². The fourth-order valence-corrected chi connectivity index (χ4v) is 6.37. The summed E-state index contributed by atoms with van der Waals surface area (Å²) < 4.78 is 4.86. The summed E-state index contributed by atoms with van der Waals surface area (Å²) in [4.78, 5) is 0. The molecule has 0 N–H and O–H groups in total. The predicted molar refractivity (Wildman–Crippen MR) is 170 cm³/mol. The van der Waals surface area contributed by atoms with Gasteiger partial charge in [-0.2, -0.15) is 0 Å². The summed E-state index contributed by atoms with van der Waals surface area (Å²) in [5.74, 6) is 0. The van der Waals surface area contributed by atoms with Crippen LogP contribution in [0.1, 0.15) is 12.5 Å². The molecule has 0 unspecified atom stereocenters. The molecule has 0 radical (unpaired) electrons. The third-order valence-electron chi connectivity index (χ3n) is 8.25. The van der Waals surface area contributed by atoms with Crippen LogP contribution in [0, 0.1) is 0 Å². The highest BCUT2D eigenvalue weighted by Crippen LogP contribution is 2.37. The van der Waals surface area contributed by atoms with Crippen LogP contribution in [0.2, 0.25) is 0 Å². The van der Waals surface area contributed by atoms with Crippen molar-refractivity contribution in [3.8, 4) is 22.5 Å². The summed E-state index contributed by atoms with van der Waals surface area (Å²) in [6.07, 6.45) is 1.02. The molecule has 0 aliphatic rings. The predicted octanol–water partition coefficient (Wildman–Crippen LogP) is 10.1. The second-order valence-electron chi connectivity index (χ2n) is 10.5. The minimum Gasteiger partial charge on any atom is -0.309 e. The third-order valence-corrected chi connectivity index (χ3v) is 8.25. The van der Waals surface area contributed by atoms with Crippen molar-refractivity contribution < 1.29 is 0 Å². The van der Waals surface area contributed by atoms with E-state index in [2.05, 4.69) is 156 Å². The number of fused-ring (bicyclic) bond motifs is 6. The van der Waals surface area contributed by atoms with Crippen molar-refractivity contribution in [2.45, 2.75) is 13.3 Å². The Balaban J connectivity index is 1.50. The fraction of sp³-hybridized carbons (Fsp3) is 0.0526. The maximum absolute atomic E-state index is 2.44. The summed E-state index contributed by atoms with van der Waals surface area (Å²) >= 11 is 0. The second-order valence-corrected chi connectivity index (χ2v) is 10.5. The molecular formula is C38H28N2. The Hall–Kier alpha value is -5.08. The van der Waals surface area contributed by atoms with Crippen LogP contribution in [0.5, 0.6) is 0 Å². The highest BCUT2D eigenvalue weighted by Gasteiger charge is 2.17. The van der Waals surface area contributed by atoms with Gasteiger partial charge in [0.2, 0.25) is 0 Å². The lowest BCUT2D eigenvalue weighted by molar-refractivity contribution is 1.13. The molecule has 2 nitrogen and oxygen atoms in total. The molecule has 0 aliphatic carbocycles. The van der Waals surface area contributed by atoms with Gasteiger partial charge in [0.05, 0.1) is 22.1 Å². The normalized spacial score (nSPS) is 11.7. The van der Waals surface area contributed by atoms with Gasteiger partial charge in [-0.05, 0) is 71.6 Å². The maximum atomic E-state index is 2.44. The first kappa shape index (κ1) is 22.9. The van der Waals surface area contributed by atoms with E-state index in [1.165, 1.54) is 60.3 Å². The molecule has 0 atom stereocenters. The summed E-state index contributed by atoms with van der Waals surface area (Å²) in [6, 6.07) is 50.9. The van der Waals surface area contributed by atoms with E-state index in [4.69, 9.17) is 0 Å². The van der Waals surface area contributed by atoms with Crippen molar-refractivity contribution in [1.82, 2.24) is 9.13 Å². The molecule has 190 valence electrons. The number of aryl methyl sites for hydroxylation is 1. The lowest BCUT2D eigenvalue weighted by atomic mass is 10.0. The van der Waals surface area contributed by atoms with Crippen LogP contribution < -0.4 is 0 Å². The molecule has 2 heterocycles. The van der Waals surface area contributed by atoms with Crippen LogP contribution >= 0.6 is 0 Å². The molecule has 2 aromatic heterocycles.